The van der Waals surface area contributed by atoms with E-state index in [1.54, 1.807) is 18.3 Å². The predicted molar refractivity (Wildman–Crippen MR) is 134 cm³/mol. The van der Waals surface area contributed by atoms with Crippen molar-refractivity contribution in [1.82, 2.24) is 35.1 Å². The molecule has 2 aliphatic rings. The highest BCUT2D eigenvalue weighted by Gasteiger charge is 2.25. The molecule has 3 N–H and O–H groups in total. The van der Waals surface area contributed by atoms with Crippen molar-refractivity contribution >= 4 is 35.3 Å². The average molecular weight is 475 g/mol. The van der Waals surface area contributed by atoms with Gasteiger partial charge >= 0.3 is 0 Å². The third-order valence-electron chi connectivity index (χ3n) is 6.00. The molecule has 5 rings (SSSR count). The zero-order valence-electron chi connectivity index (χ0n) is 20.0. The molecule has 1 amide bonds. The van der Waals surface area contributed by atoms with Crippen LogP contribution in [0.2, 0.25) is 0 Å². The first-order valence-corrected chi connectivity index (χ1v) is 12.0. The van der Waals surface area contributed by atoms with Crippen LogP contribution in [0.15, 0.2) is 36.5 Å². The van der Waals surface area contributed by atoms with Crippen LogP contribution in [0.3, 0.4) is 0 Å². The third kappa shape index (κ3) is 5.80. The quantitative estimate of drug-likeness (QED) is 0.448. The largest absolute Gasteiger partial charge is 0.349 e. The van der Waals surface area contributed by atoms with Crippen LogP contribution in [0.25, 0.3) is 0 Å². The van der Waals surface area contributed by atoms with Crippen LogP contribution in [0.5, 0.6) is 0 Å². The second-order valence-corrected chi connectivity index (χ2v) is 8.83. The molecule has 0 unspecified atom stereocenters. The number of benzene rings is 1. The lowest BCUT2D eigenvalue weighted by molar-refractivity contribution is 0.0952. The van der Waals surface area contributed by atoms with E-state index in [0.717, 1.165) is 39.0 Å². The first-order valence-electron chi connectivity index (χ1n) is 12.0. The fraction of sp³-hybridized carbons (Fsp3) is 0.417. The highest BCUT2D eigenvalue weighted by atomic mass is 16.1. The first kappa shape index (κ1) is 22.9. The summed E-state index contributed by atoms with van der Waals surface area (Å²) < 4.78 is 0. The molecule has 3 heterocycles. The fourth-order valence-electron chi connectivity index (χ4n) is 3.78. The molecule has 1 aliphatic heterocycles. The molecule has 1 saturated carbocycles. The normalized spacial score (nSPS) is 16.1. The molecule has 1 aliphatic carbocycles. The monoisotopic (exact) mass is 474 g/mol. The van der Waals surface area contributed by atoms with Gasteiger partial charge in [-0.3, -0.25) is 10.1 Å². The van der Waals surface area contributed by atoms with E-state index in [2.05, 4.69) is 57.7 Å². The Labute approximate surface area is 204 Å². The molecule has 182 valence electrons. The lowest BCUT2D eigenvalue weighted by Crippen LogP contribution is -2.45. The van der Waals surface area contributed by atoms with Crippen molar-refractivity contribution in [3.63, 3.8) is 0 Å². The molecule has 3 aromatic rings. The summed E-state index contributed by atoms with van der Waals surface area (Å²) in [4.78, 5) is 39.7. The highest BCUT2D eigenvalue weighted by Crippen LogP contribution is 2.24. The van der Waals surface area contributed by atoms with E-state index >= 15 is 0 Å². The molecule has 0 bridgehead atoms. The number of amides is 1. The summed E-state index contributed by atoms with van der Waals surface area (Å²) in [6, 6.07) is 9.43. The molecule has 0 radical (unpaired) electrons. The number of hydrogen-bond acceptors (Lipinski definition) is 10. The van der Waals surface area contributed by atoms with Gasteiger partial charge in [0, 0.05) is 44.8 Å². The fourth-order valence-corrected chi connectivity index (χ4v) is 3.78. The van der Waals surface area contributed by atoms with E-state index in [-0.39, 0.29) is 11.9 Å². The molecule has 1 aromatic carbocycles. The summed E-state index contributed by atoms with van der Waals surface area (Å²) >= 11 is 0. The van der Waals surface area contributed by atoms with E-state index in [9.17, 15) is 4.79 Å². The van der Waals surface area contributed by atoms with Gasteiger partial charge in [-0.15, -0.1) is 0 Å². The zero-order valence-corrected chi connectivity index (χ0v) is 20.0. The lowest BCUT2D eigenvalue weighted by Gasteiger charge is -2.32. The molecule has 35 heavy (non-hydrogen) atoms. The van der Waals surface area contributed by atoms with Crippen molar-refractivity contribution in [2.75, 3.05) is 48.8 Å². The smallest absolute Gasteiger partial charge is 0.253 e. The summed E-state index contributed by atoms with van der Waals surface area (Å²) in [5, 5.41) is 9.40. The highest BCUT2D eigenvalue weighted by molar-refractivity contribution is 6.00. The van der Waals surface area contributed by atoms with Gasteiger partial charge in [-0.25, -0.2) is 4.98 Å². The molecule has 11 nitrogen and oxygen atoms in total. The van der Waals surface area contributed by atoms with Crippen molar-refractivity contribution in [2.24, 2.45) is 0 Å². The minimum absolute atomic E-state index is 0.0864. The number of likely N-dealkylation sites (N-methyl/N-ethyl adjacent to an activating group) is 1. The van der Waals surface area contributed by atoms with E-state index in [1.165, 1.54) is 0 Å². The second-order valence-electron chi connectivity index (χ2n) is 8.83. The van der Waals surface area contributed by atoms with E-state index < -0.39 is 0 Å². The van der Waals surface area contributed by atoms with Gasteiger partial charge in [0.15, 0.2) is 0 Å². The van der Waals surface area contributed by atoms with Gasteiger partial charge in [0.1, 0.15) is 11.6 Å². The van der Waals surface area contributed by atoms with E-state index in [0.29, 0.717) is 47.2 Å². The standard InChI is InChI=1S/C24H30N10O/c1-3-19-28-23(32-24(30-19)34-14-12-33(2)13-15-34)31-22-25-11-10-20(29-22)27-18-7-5-4-6-17(18)21(35)26-16-8-9-16/h4-7,10-11,16H,3,8-9,12-15H2,1-2H3,(H,26,35)(H2,25,27,28,29,30,31,32). The predicted octanol–water partition coefficient (Wildman–Crippen LogP) is 2.36. The Balaban J connectivity index is 1.33. The summed E-state index contributed by atoms with van der Waals surface area (Å²) in [6.07, 6.45) is 4.42. The molecule has 11 heteroatoms. The van der Waals surface area contributed by atoms with Crippen molar-refractivity contribution in [3.8, 4) is 0 Å². The topological polar surface area (TPSA) is 124 Å². The van der Waals surface area contributed by atoms with Crippen LogP contribution in [0.4, 0.5) is 29.4 Å². The molecule has 2 aromatic heterocycles. The Kier molecular flexibility index (Phi) is 6.66. The summed E-state index contributed by atoms with van der Waals surface area (Å²) in [5.74, 6) is 2.60. The molecule has 0 atom stereocenters. The number of para-hydroxylation sites is 1. The second kappa shape index (κ2) is 10.2. The summed E-state index contributed by atoms with van der Waals surface area (Å²) in [7, 11) is 2.12. The summed E-state index contributed by atoms with van der Waals surface area (Å²) in [5.41, 5.74) is 1.26. The van der Waals surface area contributed by atoms with E-state index in [4.69, 9.17) is 0 Å². The Hall–Kier alpha value is -3.86. The zero-order chi connectivity index (χ0) is 24.2. The van der Waals surface area contributed by atoms with Gasteiger partial charge in [0.2, 0.25) is 17.8 Å². The number of anilines is 5. The van der Waals surface area contributed by atoms with Gasteiger partial charge in [0.05, 0.1) is 11.3 Å². The average Bonchev–Trinajstić information content (AvgIpc) is 3.69. The number of carbonyl (C=O) groups is 1. The third-order valence-corrected chi connectivity index (χ3v) is 6.00. The Morgan fingerprint density at radius 2 is 1.77 bits per heavy atom. The maximum Gasteiger partial charge on any atom is 0.253 e. The number of hydrogen-bond donors (Lipinski definition) is 3. The van der Waals surface area contributed by atoms with Gasteiger partial charge in [-0.1, -0.05) is 19.1 Å². The number of aromatic nitrogens is 5. The molecular formula is C24H30N10O. The maximum absolute atomic E-state index is 12.6. The number of nitrogens with zero attached hydrogens (tertiary/aromatic N) is 7. The van der Waals surface area contributed by atoms with Crippen molar-refractivity contribution < 1.29 is 4.79 Å². The van der Waals surface area contributed by atoms with Gasteiger partial charge in [-0.05, 0) is 38.1 Å². The molecule has 1 saturated heterocycles. The van der Waals surface area contributed by atoms with Crippen molar-refractivity contribution in [3.05, 3.63) is 47.9 Å². The number of aryl methyl sites for hydroxylation is 1. The van der Waals surface area contributed by atoms with Gasteiger partial charge in [0.25, 0.3) is 5.91 Å². The molecule has 2 fully saturated rings. The van der Waals surface area contributed by atoms with Gasteiger partial charge < -0.3 is 20.4 Å². The number of carbonyl (C=O) groups excluding carboxylic acids is 1. The Morgan fingerprint density at radius 1 is 0.971 bits per heavy atom. The number of nitrogens with one attached hydrogen (secondary N) is 3. The SMILES string of the molecule is CCc1nc(Nc2nccc(Nc3ccccc3C(=O)NC3CC3)n2)nc(N2CCN(C)CC2)n1. The van der Waals surface area contributed by atoms with Gasteiger partial charge in [-0.2, -0.15) is 19.9 Å². The Bertz CT molecular complexity index is 1190. The number of rotatable bonds is 8. The van der Waals surface area contributed by atoms with Crippen molar-refractivity contribution in [2.45, 2.75) is 32.2 Å². The minimum Gasteiger partial charge on any atom is -0.349 e. The lowest BCUT2D eigenvalue weighted by atomic mass is 10.1. The van der Waals surface area contributed by atoms with Crippen LogP contribution < -0.4 is 20.9 Å². The first-order chi connectivity index (χ1) is 17.1. The van der Waals surface area contributed by atoms with Crippen LogP contribution in [-0.2, 0) is 6.42 Å². The molecule has 0 spiro atoms. The summed E-state index contributed by atoms with van der Waals surface area (Å²) in [6.45, 7) is 5.68. The van der Waals surface area contributed by atoms with Crippen LogP contribution in [0.1, 0.15) is 35.9 Å². The van der Waals surface area contributed by atoms with E-state index in [1.807, 2.05) is 25.1 Å². The maximum atomic E-state index is 12.6. The van der Waals surface area contributed by atoms with Crippen molar-refractivity contribution in [1.29, 1.82) is 0 Å². The Morgan fingerprint density at radius 3 is 2.54 bits per heavy atom. The van der Waals surface area contributed by atoms with Crippen LogP contribution in [-0.4, -0.2) is 75.0 Å². The molecular weight excluding hydrogens is 444 g/mol. The van der Waals surface area contributed by atoms with Crippen LogP contribution in [0, 0.1) is 0 Å². The minimum atomic E-state index is -0.0864. The number of piperazine rings is 1. The van der Waals surface area contributed by atoms with Crippen LogP contribution >= 0.6 is 0 Å².